The van der Waals surface area contributed by atoms with E-state index in [-0.39, 0.29) is 5.56 Å². The van der Waals surface area contributed by atoms with Crippen molar-refractivity contribution < 1.29 is 17.6 Å². The van der Waals surface area contributed by atoms with Crippen LogP contribution >= 0.6 is 0 Å². The summed E-state index contributed by atoms with van der Waals surface area (Å²) in [5, 5.41) is 0. The summed E-state index contributed by atoms with van der Waals surface area (Å²) in [4.78, 5) is 0. The lowest BCUT2D eigenvalue weighted by molar-refractivity contribution is -0.138. The molecule has 0 unspecified atom stereocenters. The van der Waals surface area contributed by atoms with Crippen LogP contribution in [0.1, 0.15) is 36.9 Å². The van der Waals surface area contributed by atoms with Crippen LogP contribution in [0.25, 0.3) is 0 Å². The molecule has 0 amide bonds. The molecule has 0 saturated carbocycles. The first-order valence-corrected chi connectivity index (χ1v) is 4.98. The zero-order chi connectivity index (χ0) is 12.3. The number of hydrogen-bond acceptors (Lipinski definition) is 1. The molecular weight excluding hydrogens is 222 g/mol. The lowest BCUT2D eigenvalue weighted by Gasteiger charge is -2.17. The summed E-state index contributed by atoms with van der Waals surface area (Å²) in [5.74, 6) is -0.903. The lowest BCUT2D eigenvalue weighted by Crippen LogP contribution is -2.17. The van der Waals surface area contributed by atoms with Crippen LogP contribution in [-0.2, 0) is 6.18 Å². The van der Waals surface area contributed by atoms with Gasteiger partial charge in [-0.1, -0.05) is 19.4 Å². The Morgan fingerprint density at radius 3 is 2.44 bits per heavy atom. The van der Waals surface area contributed by atoms with Crippen LogP contribution in [0.5, 0.6) is 0 Å². The summed E-state index contributed by atoms with van der Waals surface area (Å²) in [6, 6.07) is 1.89. The first kappa shape index (κ1) is 13.0. The molecule has 0 aromatic heterocycles. The summed E-state index contributed by atoms with van der Waals surface area (Å²) in [7, 11) is 0. The fraction of sp³-hybridized carbons (Fsp3) is 0.455. The summed E-state index contributed by atoms with van der Waals surface area (Å²) in [6.07, 6.45) is -3.45. The molecule has 1 rings (SSSR count). The molecule has 0 aliphatic rings. The normalized spacial score (nSPS) is 13.9. The molecule has 90 valence electrons. The van der Waals surface area contributed by atoms with Crippen molar-refractivity contribution in [3.8, 4) is 0 Å². The summed E-state index contributed by atoms with van der Waals surface area (Å²) < 4.78 is 50.6. The van der Waals surface area contributed by atoms with Gasteiger partial charge in [-0.2, -0.15) is 13.2 Å². The second-order valence-electron chi connectivity index (χ2n) is 3.62. The second kappa shape index (κ2) is 4.82. The Labute approximate surface area is 91.3 Å². The highest BCUT2D eigenvalue weighted by atomic mass is 19.4. The Morgan fingerprint density at radius 2 is 1.94 bits per heavy atom. The minimum atomic E-state index is -4.57. The SMILES string of the molecule is CCC[C@H](N)c1ccc(F)cc1C(F)(F)F. The molecule has 0 aliphatic carbocycles. The van der Waals surface area contributed by atoms with Crippen molar-refractivity contribution in [3.05, 3.63) is 35.1 Å². The number of halogens is 4. The quantitative estimate of drug-likeness (QED) is 0.795. The van der Waals surface area contributed by atoms with Crippen LogP contribution < -0.4 is 5.73 Å². The van der Waals surface area contributed by atoms with Crippen LogP contribution in [0.15, 0.2) is 18.2 Å². The van der Waals surface area contributed by atoms with Gasteiger partial charge in [0.1, 0.15) is 5.82 Å². The molecule has 0 fully saturated rings. The molecule has 1 atom stereocenters. The Kier molecular flexibility index (Phi) is 3.91. The summed E-state index contributed by atoms with van der Waals surface area (Å²) in [6.45, 7) is 1.83. The van der Waals surface area contributed by atoms with Gasteiger partial charge in [0.15, 0.2) is 0 Å². The number of benzene rings is 1. The van der Waals surface area contributed by atoms with Crippen molar-refractivity contribution >= 4 is 0 Å². The lowest BCUT2D eigenvalue weighted by atomic mass is 9.97. The van der Waals surface area contributed by atoms with Crippen LogP contribution in [0, 0.1) is 5.82 Å². The standard InChI is InChI=1S/C11H13F4N/c1-2-3-10(16)8-5-4-7(12)6-9(8)11(13,14)15/h4-6,10H,2-3,16H2,1H3/t10-/m0/s1. The van der Waals surface area contributed by atoms with Gasteiger partial charge in [-0.25, -0.2) is 4.39 Å². The predicted octanol–water partition coefficient (Wildman–Crippen LogP) is 3.64. The number of alkyl halides is 3. The maximum Gasteiger partial charge on any atom is 0.416 e. The maximum atomic E-state index is 12.8. The predicted molar refractivity (Wildman–Crippen MR) is 53.2 cm³/mol. The van der Waals surface area contributed by atoms with Crippen molar-refractivity contribution in [2.45, 2.75) is 32.0 Å². The van der Waals surface area contributed by atoms with E-state index in [1.54, 1.807) is 0 Å². The van der Waals surface area contributed by atoms with E-state index in [1.165, 1.54) is 0 Å². The van der Waals surface area contributed by atoms with Crippen molar-refractivity contribution in [1.29, 1.82) is 0 Å². The summed E-state index contributed by atoms with van der Waals surface area (Å²) >= 11 is 0. The van der Waals surface area contributed by atoms with E-state index in [0.717, 1.165) is 12.1 Å². The third kappa shape index (κ3) is 2.95. The van der Waals surface area contributed by atoms with Gasteiger partial charge >= 0.3 is 6.18 Å². The molecule has 0 heterocycles. The number of nitrogens with two attached hydrogens (primary N) is 1. The fourth-order valence-corrected chi connectivity index (χ4v) is 1.56. The molecule has 0 saturated heterocycles. The second-order valence-corrected chi connectivity index (χ2v) is 3.62. The third-order valence-corrected chi connectivity index (χ3v) is 2.32. The van der Waals surface area contributed by atoms with Crippen molar-refractivity contribution in [2.75, 3.05) is 0 Å². The van der Waals surface area contributed by atoms with E-state index < -0.39 is 23.6 Å². The average molecular weight is 235 g/mol. The highest BCUT2D eigenvalue weighted by molar-refractivity contribution is 5.32. The van der Waals surface area contributed by atoms with Gasteiger partial charge in [0.05, 0.1) is 5.56 Å². The van der Waals surface area contributed by atoms with Gasteiger partial charge < -0.3 is 5.73 Å². The monoisotopic (exact) mass is 235 g/mol. The molecule has 16 heavy (non-hydrogen) atoms. The molecule has 0 spiro atoms. The van der Waals surface area contributed by atoms with Gasteiger partial charge in [-0.3, -0.25) is 0 Å². The zero-order valence-corrected chi connectivity index (χ0v) is 8.81. The Bertz CT molecular complexity index is 359. The molecule has 0 radical (unpaired) electrons. The Hall–Kier alpha value is -1.10. The van der Waals surface area contributed by atoms with E-state index in [2.05, 4.69) is 0 Å². The van der Waals surface area contributed by atoms with Crippen LogP contribution in [0.4, 0.5) is 17.6 Å². The molecular formula is C11H13F4N. The Morgan fingerprint density at radius 1 is 1.31 bits per heavy atom. The summed E-state index contributed by atoms with van der Waals surface area (Å²) in [5.41, 5.74) is 4.61. The van der Waals surface area contributed by atoms with Crippen molar-refractivity contribution in [3.63, 3.8) is 0 Å². The first-order chi connectivity index (χ1) is 7.36. The fourth-order valence-electron chi connectivity index (χ4n) is 1.56. The minimum Gasteiger partial charge on any atom is -0.324 e. The molecule has 2 N–H and O–H groups in total. The Balaban J connectivity index is 3.18. The van der Waals surface area contributed by atoms with Crippen molar-refractivity contribution in [2.24, 2.45) is 5.73 Å². The van der Waals surface area contributed by atoms with Crippen LogP contribution in [0.2, 0.25) is 0 Å². The van der Waals surface area contributed by atoms with Crippen molar-refractivity contribution in [1.82, 2.24) is 0 Å². The van der Waals surface area contributed by atoms with E-state index >= 15 is 0 Å². The molecule has 5 heteroatoms. The zero-order valence-electron chi connectivity index (χ0n) is 8.81. The van der Waals surface area contributed by atoms with Gasteiger partial charge in [0, 0.05) is 6.04 Å². The van der Waals surface area contributed by atoms with Gasteiger partial charge in [0.25, 0.3) is 0 Å². The molecule has 1 aromatic carbocycles. The minimum absolute atomic E-state index is 0.0456. The molecule has 0 bridgehead atoms. The molecule has 1 aromatic rings. The largest absolute Gasteiger partial charge is 0.416 e. The van der Waals surface area contributed by atoms with Crippen LogP contribution in [-0.4, -0.2) is 0 Å². The highest BCUT2D eigenvalue weighted by Gasteiger charge is 2.34. The smallest absolute Gasteiger partial charge is 0.324 e. The topological polar surface area (TPSA) is 26.0 Å². The van der Waals surface area contributed by atoms with E-state index in [1.807, 2.05) is 6.92 Å². The average Bonchev–Trinajstić information content (AvgIpc) is 2.16. The van der Waals surface area contributed by atoms with Gasteiger partial charge in [-0.15, -0.1) is 0 Å². The van der Waals surface area contributed by atoms with E-state index in [0.29, 0.717) is 18.9 Å². The van der Waals surface area contributed by atoms with E-state index in [4.69, 9.17) is 5.73 Å². The van der Waals surface area contributed by atoms with Crippen LogP contribution in [0.3, 0.4) is 0 Å². The highest BCUT2D eigenvalue weighted by Crippen LogP contribution is 2.35. The number of hydrogen-bond donors (Lipinski definition) is 1. The molecule has 1 nitrogen and oxygen atoms in total. The van der Waals surface area contributed by atoms with Gasteiger partial charge in [-0.05, 0) is 24.1 Å². The molecule has 0 aliphatic heterocycles. The maximum absolute atomic E-state index is 12.8. The van der Waals surface area contributed by atoms with Gasteiger partial charge in [0.2, 0.25) is 0 Å². The number of rotatable bonds is 3. The third-order valence-electron chi connectivity index (χ3n) is 2.32. The van der Waals surface area contributed by atoms with E-state index in [9.17, 15) is 17.6 Å². The first-order valence-electron chi connectivity index (χ1n) is 4.98.